The summed E-state index contributed by atoms with van der Waals surface area (Å²) in [5.74, 6) is 0.902. The zero-order chi connectivity index (χ0) is 13.9. The van der Waals surface area contributed by atoms with Gasteiger partial charge in [-0.25, -0.2) is 0 Å². The first-order valence-electron chi connectivity index (χ1n) is 7.94. The van der Waals surface area contributed by atoms with E-state index in [2.05, 4.69) is 36.6 Å². The molecule has 108 valence electrons. The van der Waals surface area contributed by atoms with Gasteiger partial charge >= 0.3 is 0 Å². The van der Waals surface area contributed by atoms with E-state index in [1.807, 2.05) is 0 Å². The highest BCUT2D eigenvalue weighted by Gasteiger charge is 2.32. The lowest BCUT2D eigenvalue weighted by Crippen LogP contribution is -2.45. The van der Waals surface area contributed by atoms with Crippen LogP contribution in [-0.2, 0) is 19.4 Å². The summed E-state index contributed by atoms with van der Waals surface area (Å²) in [5.41, 5.74) is 9.17. The number of aromatic nitrogens is 2. The Labute approximate surface area is 117 Å². The largest absolute Gasteiger partial charge is 0.325 e. The summed E-state index contributed by atoms with van der Waals surface area (Å²) in [4.78, 5) is 0. The lowest BCUT2D eigenvalue weighted by molar-refractivity contribution is 0.225. The topological polar surface area (TPSA) is 43.8 Å². The fourth-order valence-corrected chi connectivity index (χ4v) is 3.30. The molecule has 1 heterocycles. The Morgan fingerprint density at radius 2 is 2.00 bits per heavy atom. The Bertz CT molecular complexity index is 400. The summed E-state index contributed by atoms with van der Waals surface area (Å²) < 4.78 is 2.14. The van der Waals surface area contributed by atoms with Crippen molar-refractivity contribution in [2.24, 2.45) is 11.7 Å². The summed E-state index contributed by atoms with van der Waals surface area (Å²) in [6.07, 6.45) is 8.24. The first-order valence-corrected chi connectivity index (χ1v) is 7.94. The van der Waals surface area contributed by atoms with E-state index >= 15 is 0 Å². The molecular weight excluding hydrogens is 234 g/mol. The molecule has 0 unspecified atom stereocenters. The molecule has 0 spiro atoms. The predicted octanol–water partition coefficient (Wildman–Crippen LogP) is 3.31. The second kappa shape index (κ2) is 6.08. The van der Waals surface area contributed by atoms with Gasteiger partial charge in [-0.2, -0.15) is 5.10 Å². The number of aryl methyl sites for hydroxylation is 2. The summed E-state index contributed by atoms with van der Waals surface area (Å²) in [6.45, 7) is 7.57. The van der Waals surface area contributed by atoms with Crippen molar-refractivity contribution in [1.29, 1.82) is 0 Å². The fourth-order valence-electron chi connectivity index (χ4n) is 3.30. The number of rotatable bonds is 5. The number of hydrogen-bond acceptors (Lipinski definition) is 2. The van der Waals surface area contributed by atoms with Crippen LogP contribution < -0.4 is 5.73 Å². The van der Waals surface area contributed by atoms with Crippen LogP contribution in [0.1, 0.15) is 64.3 Å². The van der Waals surface area contributed by atoms with Crippen molar-refractivity contribution in [2.45, 2.75) is 77.8 Å². The molecule has 3 heteroatoms. The SMILES string of the molecule is CCc1cc(CC2(N)CCC(CC)CC2)n(CC)n1. The molecule has 1 saturated carbocycles. The minimum atomic E-state index is 0.00361. The van der Waals surface area contributed by atoms with Crippen LogP contribution in [0.5, 0.6) is 0 Å². The molecule has 0 amide bonds. The lowest BCUT2D eigenvalue weighted by atomic mass is 9.74. The van der Waals surface area contributed by atoms with Gasteiger partial charge in [0, 0.05) is 24.2 Å². The van der Waals surface area contributed by atoms with Crippen LogP contribution in [0.2, 0.25) is 0 Å². The third kappa shape index (κ3) is 3.38. The molecule has 0 aromatic carbocycles. The molecule has 19 heavy (non-hydrogen) atoms. The Morgan fingerprint density at radius 1 is 1.32 bits per heavy atom. The molecule has 1 aliphatic carbocycles. The summed E-state index contributed by atoms with van der Waals surface area (Å²) >= 11 is 0. The van der Waals surface area contributed by atoms with E-state index in [-0.39, 0.29) is 5.54 Å². The molecule has 1 aliphatic rings. The maximum atomic E-state index is 6.64. The molecule has 0 radical (unpaired) electrons. The standard InChI is InChI=1S/C16H29N3/c1-4-13-7-9-16(17,10-8-13)12-15-11-14(5-2)18-19(15)6-3/h11,13H,4-10,12,17H2,1-3H3. The van der Waals surface area contributed by atoms with Crippen LogP contribution >= 0.6 is 0 Å². The summed E-state index contributed by atoms with van der Waals surface area (Å²) in [7, 11) is 0. The van der Waals surface area contributed by atoms with Crippen LogP contribution in [0, 0.1) is 5.92 Å². The molecule has 0 bridgehead atoms. The van der Waals surface area contributed by atoms with Crippen molar-refractivity contribution in [3.8, 4) is 0 Å². The van der Waals surface area contributed by atoms with Gasteiger partial charge in [0.2, 0.25) is 0 Å². The van der Waals surface area contributed by atoms with Crippen molar-refractivity contribution in [2.75, 3.05) is 0 Å². The molecule has 3 nitrogen and oxygen atoms in total. The fraction of sp³-hybridized carbons (Fsp3) is 0.812. The van der Waals surface area contributed by atoms with Crippen molar-refractivity contribution in [1.82, 2.24) is 9.78 Å². The summed E-state index contributed by atoms with van der Waals surface area (Å²) in [5, 5.41) is 4.64. The maximum Gasteiger partial charge on any atom is 0.0624 e. The Kier molecular flexibility index (Phi) is 4.67. The van der Waals surface area contributed by atoms with Crippen molar-refractivity contribution in [3.05, 3.63) is 17.5 Å². The monoisotopic (exact) mass is 263 g/mol. The molecular formula is C16H29N3. The van der Waals surface area contributed by atoms with E-state index < -0.39 is 0 Å². The van der Waals surface area contributed by atoms with Crippen LogP contribution in [0.15, 0.2) is 6.07 Å². The van der Waals surface area contributed by atoms with Crippen molar-refractivity contribution in [3.63, 3.8) is 0 Å². The number of nitrogens with zero attached hydrogens (tertiary/aromatic N) is 2. The van der Waals surface area contributed by atoms with Crippen LogP contribution in [-0.4, -0.2) is 15.3 Å². The molecule has 0 atom stereocenters. The average Bonchev–Trinajstić information content (AvgIpc) is 2.81. The maximum absolute atomic E-state index is 6.64. The molecule has 2 N–H and O–H groups in total. The van der Waals surface area contributed by atoms with Gasteiger partial charge in [0.15, 0.2) is 0 Å². The van der Waals surface area contributed by atoms with Crippen LogP contribution in [0.4, 0.5) is 0 Å². The van der Waals surface area contributed by atoms with Gasteiger partial charge in [-0.1, -0.05) is 20.3 Å². The van der Waals surface area contributed by atoms with Crippen molar-refractivity contribution >= 4 is 0 Å². The van der Waals surface area contributed by atoms with E-state index in [9.17, 15) is 0 Å². The molecule has 0 aliphatic heterocycles. The van der Waals surface area contributed by atoms with E-state index in [4.69, 9.17) is 5.73 Å². The second-order valence-corrected chi connectivity index (χ2v) is 6.19. The van der Waals surface area contributed by atoms with E-state index in [0.717, 1.165) is 25.3 Å². The Hall–Kier alpha value is -0.830. The first kappa shape index (κ1) is 14.6. The van der Waals surface area contributed by atoms with Crippen LogP contribution in [0.3, 0.4) is 0 Å². The molecule has 2 rings (SSSR count). The molecule has 1 aromatic heterocycles. The molecule has 1 aromatic rings. The van der Waals surface area contributed by atoms with Gasteiger partial charge in [-0.15, -0.1) is 0 Å². The average molecular weight is 263 g/mol. The minimum Gasteiger partial charge on any atom is -0.325 e. The normalized spacial score (nSPS) is 27.7. The summed E-state index contributed by atoms with van der Waals surface area (Å²) in [6, 6.07) is 2.25. The number of hydrogen-bond donors (Lipinski definition) is 1. The third-order valence-electron chi connectivity index (χ3n) is 4.79. The van der Waals surface area contributed by atoms with Gasteiger partial charge in [-0.3, -0.25) is 4.68 Å². The van der Waals surface area contributed by atoms with Gasteiger partial charge in [0.1, 0.15) is 0 Å². The Balaban J connectivity index is 2.06. The highest BCUT2D eigenvalue weighted by atomic mass is 15.3. The van der Waals surface area contributed by atoms with Crippen molar-refractivity contribution < 1.29 is 0 Å². The van der Waals surface area contributed by atoms with E-state index in [0.29, 0.717) is 0 Å². The van der Waals surface area contributed by atoms with E-state index in [1.54, 1.807) is 0 Å². The predicted molar refractivity (Wildman–Crippen MR) is 80.2 cm³/mol. The van der Waals surface area contributed by atoms with Gasteiger partial charge in [0.25, 0.3) is 0 Å². The van der Waals surface area contributed by atoms with E-state index in [1.165, 1.54) is 43.5 Å². The second-order valence-electron chi connectivity index (χ2n) is 6.19. The highest BCUT2D eigenvalue weighted by Crippen LogP contribution is 2.34. The number of nitrogens with two attached hydrogens (primary N) is 1. The van der Waals surface area contributed by atoms with Gasteiger partial charge < -0.3 is 5.73 Å². The van der Waals surface area contributed by atoms with Gasteiger partial charge in [-0.05, 0) is 51.0 Å². The third-order valence-corrected chi connectivity index (χ3v) is 4.79. The Morgan fingerprint density at radius 3 is 2.53 bits per heavy atom. The highest BCUT2D eigenvalue weighted by molar-refractivity contribution is 5.14. The zero-order valence-corrected chi connectivity index (χ0v) is 12.8. The molecule has 0 saturated heterocycles. The quantitative estimate of drug-likeness (QED) is 0.885. The smallest absolute Gasteiger partial charge is 0.0624 e. The van der Waals surface area contributed by atoms with Gasteiger partial charge in [0.05, 0.1) is 5.69 Å². The lowest BCUT2D eigenvalue weighted by Gasteiger charge is -2.37. The van der Waals surface area contributed by atoms with Crippen LogP contribution in [0.25, 0.3) is 0 Å². The zero-order valence-electron chi connectivity index (χ0n) is 12.8. The first-order chi connectivity index (χ1) is 9.10. The molecule has 1 fully saturated rings. The minimum absolute atomic E-state index is 0.00361.